The fraction of sp³-hybridized carbons (Fsp3) is 0.421. The lowest BCUT2D eigenvalue weighted by Gasteiger charge is -2.35. The first kappa shape index (κ1) is 15.1. The molecule has 1 aromatic heterocycles. The van der Waals surface area contributed by atoms with E-state index in [2.05, 4.69) is 27.4 Å². The zero-order valence-corrected chi connectivity index (χ0v) is 13.9. The smallest absolute Gasteiger partial charge is 0.318 e. The molecule has 0 aliphatic carbocycles. The van der Waals surface area contributed by atoms with Gasteiger partial charge in [0.2, 0.25) is 0 Å². The predicted octanol–water partition coefficient (Wildman–Crippen LogP) is 2.80. The van der Waals surface area contributed by atoms with Crippen molar-refractivity contribution >= 4 is 6.03 Å². The van der Waals surface area contributed by atoms with Crippen molar-refractivity contribution in [2.75, 3.05) is 6.54 Å². The van der Waals surface area contributed by atoms with Crippen LogP contribution in [0, 0.1) is 6.92 Å². The molecule has 2 aliphatic heterocycles. The van der Waals surface area contributed by atoms with Crippen LogP contribution in [-0.4, -0.2) is 33.5 Å². The molecule has 2 atom stereocenters. The fourth-order valence-corrected chi connectivity index (χ4v) is 3.94. The maximum Gasteiger partial charge on any atom is 0.318 e. The van der Waals surface area contributed by atoms with Crippen LogP contribution >= 0.6 is 0 Å². The predicted molar refractivity (Wildman–Crippen MR) is 91.6 cm³/mol. The third-order valence-corrected chi connectivity index (χ3v) is 5.08. The van der Waals surface area contributed by atoms with Gasteiger partial charge in [0.15, 0.2) is 0 Å². The van der Waals surface area contributed by atoms with Crippen LogP contribution in [0.5, 0.6) is 0 Å². The number of benzene rings is 1. The van der Waals surface area contributed by atoms with Crippen molar-refractivity contribution in [3.8, 4) is 0 Å². The largest absolute Gasteiger partial charge is 0.338 e. The zero-order valence-electron chi connectivity index (χ0n) is 13.9. The number of aromatic nitrogens is 2. The van der Waals surface area contributed by atoms with Crippen LogP contribution in [0.4, 0.5) is 4.79 Å². The molecule has 5 nitrogen and oxygen atoms in total. The molecule has 2 aromatic rings. The van der Waals surface area contributed by atoms with Gasteiger partial charge in [0, 0.05) is 30.8 Å². The second-order valence-electron chi connectivity index (χ2n) is 6.65. The minimum absolute atomic E-state index is 0.0460. The summed E-state index contributed by atoms with van der Waals surface area (Å²) in [6.45, 7) is 2.58. The maximum atomic E-state index is 12.7. The molecule has 0 spiro atoms. The van der Waals surface area contributed by atoms with E-state index in [4.69, 9.17) is 0 Å². The summed E-state index contributed by atoms with van der Waals surface area (Å²) >= 11 is 0. The van der Waals surface area contributed by atoms with E-state index < -0.39 is 0 Å². The molecule has 124 valence electrons. The molecule has 1 fully saturated rings. The molecule has 2 unspecified atom stereocenters. The van der Waals surface area contributed by atoms with Crippen LogP contribution in [0.1, 0.15) is 41.5 Å². The number of amides is 2. The number of carbonyl (C=O) groups excluding carboxylic acids is 1. The van der Waals surface area contributed by atoms with Gasteiger partial charge in [-0.3, -0.25) is 0 Å². The highest BCUT2D eigenvalue weighted by molar-refractivity contribution is 5.76. The molecule has 2 aliphatic rings. The van der Waals surface area contributed by atoms with Gasteiger partial charge in [0.25, 0.3) is 0 Å². The summed E-state index contributed by atoms with van der Waals surface area (Å²) in [4.78, 5) is 23.6. The number of urea groups is 1. The van der Waals surface area contributed by atoms with Crippen molar-refractivity contribution in [1.29, 1.82) is 0 Å². The Morgan fingerprint density at radius 3 is 2.96 bits per heavy atom. The summed E-state index contributed by atoms with van der Waals surface area (Å²) in [5.74, 6) is 0.814. The maximum absolute atomic E-state index is 12.7. The summed E-state index contributed by atoms with van der Waals surface area (Å²) in [5.41, 5.74) is 3.50. The summed E-state index contributed by atoms with van der Waals surface area (Å²) in [5, 5.41) is 3.09. The molecule has 2 bridgehead atoms. The molecule has 3 heterocycles. The number of hydrogen-bond acceptors (Lipinski definition) is 3. The number of nitrogens with zero attached hydrogens (tertiary/aromatic N) is 3. The van der Waals surface area contributed by atoms with Gasteiger partial charge in [-0.25, -0.2) is 14.8 Å². The molecule has 1 N–H and O–H groups in total. The topological polar surface area (TPSA) is 58.1 Å². The molecule has 4 rings (SSSR count). The van der Waals surface area contributed by atoms with Gasteiger partial charge < -0.3 is 10.2 Å². The standard InChI is InChI=1S/C19H22N4O/c1-13-21-12-16-17(22-13)11-15-7-8-18(16)23(15)19(24)20-10-9-14-5-3-2-4-6-14/h2-6,12,15,18H,7-11H2,1H3,(H,20,24). The Kier molecular flexibility index (Phi) is 3.92. The van der Waals surface area contributed by atoms with Crippen LogP contribution in [0.25, 0.3) is 0 Å². The molecule has 5 heteroatoms. The molecule has 0 radical (unpaired) electrons. The molecule has 1 aromatic carbocycles. The van der Waals surface area contributed by atoms with Crippen molar-refractivity contribution in [2.45, 2.75) is 44.7 Å². The van der Waals surface area contributed by atoms with E-state index in [0.717, 1.165) is 42.8 Å². The molecule has 24 heavy (non-hydrogen) atoms. The van der Waals surface area contributed by atoms with Gasteiger partial charge in [-0.1, -0.05) is 30.3 Å². The van der Waals surface area contributed by atoms with Gasteiger partial charge in [0.05, 0.1) is 11.7 Å². The zero-order chi connectivity index (χ0) is 16.5. The Bertz CT molecular complexity index is 746. The van der Waals surface area contributed by atoms with Gasteiger partial charge in [-0.2, -0.15) is 0 Å². The normalized spacial score (nSPS) is 21.5. The van der Waals surface area contributed by atoms with Gasteiger partial charge in [0.1, 0.15) is 5.82 Å². The first-order valence-corrected chi connectivity index (χ1v) is 8.65. The van der Waals surface area contributed by atoms with E-state index in [1.54, 1.807) is 0 Å². The van der Waals surface area contributed by atoms with Gasteiger partial charge >= 0.3 is 6.03 Å². The van der Waals surface area contributed by atoms with E-state index >= 15 is 0 Å². The first-order valence-electron chi connectivity index (χ1n) is 8.65. The average molecular weight is 322 g/mol. The lowest BCUT2D eigenvalue weighted by molar-refractivity contribution is 0.165. The Hall–Kier alpha value is -2.43. The lowest BCUT2D eigenvalue weighted by Crippen LogP contribution is -2.47. The summed E-state index contributed by atoms with van der Waals surface area (Å²) in [6.07, 6.45) is 5.67. The highest BCUT2D eigenvalue weighted by Gasteiger charge is 2.43. The number of aryl methyl sites for hydroxylation is 1. The molecule has 0 saturated carbocycles. The van der Waals surface area contributed by atoms with Crippen LogP contribution in [0.15, 0.2) is 36.5 Å². The van der Waals surface area contributed by atoms with E-state index in [1.807, 2.05) is 36.2 Å². The van der Waals surface area contributed by atoms with Gasteiger partial charge in [-0.15, -0.1) is 0 Å². The van der Waals surface area contributed by atoms with Crippen molar-refractivity contribution in [3.05, 3.63) is 59.2 Å². The second-order valence-corrected chi connectivity index (χ2v) is 6.65. The first-order chi connectivity index (χ1) is 11.7. The van der Waals surface area contributed by atoms with E-state index in [9.17, 15) is 4.79 Å². The highest BCUT2D eigenvalue weighted by Crippen LogP contribution is 2.42. The van der Waals surface area contributed by atoms with Crippen LogP contribution in [0.3, 0.4) is 0 Å². The quantitative estimate of drug-likeness (QED) is 0.945. The van der Waals surface area contributed by atoms with E-state index in [0.29, 0.717) is 6.54 Å². The van der Waals surface area contributed by atoms with E-state index in [1.165, 1.54) is 5.56 Å². The number of rotatable bonds is 3. The Morgan fingerprint density at radius 1 is 1.29 bits per heavy atom. The number of nitrogens with one attached hydrogen (secondary N) is 1. The van der Waals surface area contributed by atoms with E-state index in [-0.39, 0.29) is 18.1 Å². The second kappa shape index (κ2) is 6.23. The molecule has 1 saturated heterocycles. The van der Waals surface area contributed by atoms with Crippen molar-refractivity contribution in [2.24, 2.45) is 0 Å². The van der Waals surface area contributed by atoms with Crippen LogP contribution < -0.4 is 5.32 Å². The lowest BCUT2D eigenvalue weighted by atomic mass is 9.99. The van der Waals surface area contributed by atoms with Crippen molar-refractivity contribution in [3.63, 3.8) is 0 Å². The molecular formula is C19H22N4O. The Morgan fingerprint density at radius 2 is 2.12 bits per heavy atom. The van der Waals surface area contributed by atoms with Crippen LogP contribution in [-0.2, 0) is 12.8 Å². The van der Waals surface area contributed by atoms with Crippen molar-refractivity contribution < 1.29 is 4.79 Å². The summed E-state index contributed by atoms with van der Waals surface area (Å²) in [7, 11) is 0. The Labute approximate surface area is 142 Å². The SMILES string of the molecule is Cc1ncc2c(n1)CC1CCC2N1C(=O)NCCc1ccccc1. The highest BCUT2D eigenvalue weighted by atomic mass is 16.2. The minimum atomic E-state index is 0.0460. The van der Waals surface area contributed by atoms with Crippen molar-refractivity contribution in [1.82, 2.24) is 20.2 Å². The third-order valence-electron chi connectivity index (χ3n) is 5.08. The number of hydrogen-bond donors (Lipinski definition) is 1. The average Bonchev–Trinajstić information content (AvgIpc) is 2.91. The number of carbonyl (C=O) groups is 1. The molecular weight excluding hydrogens is 300 g/mol. The monoisotopic (exact) mass is 322 g/mol. The summed E-state index contributed by atoms with van der Waals surface area (Å²) in [6, 6.07) is 10.7. The summed E-state index contributed by atoms with van der Waals surface area (Å²) < 4.78 is 0. The fourth-order valence-electron chi connectivity index (χ4n) is 3.94. The minimum Gasteiger partial charge on any atom is -0.338 e. The Balaban J connectivity index is 1.43. The number of fused-ring (bicyclic) bond motifs is 4. The van der Waals surface area contributed by atoms with Gasteiger partial charge in [-0.05, 0) is 31.7 Å². The van der Waals surface area contributed by atoms with Crippen LogP contribution in [0.2, 0.25) is 0 Å². The third kappa shape index (κ3) is 2.75. The molecule has 2 amide bonds.